The molecule has 5 aliphatic rings. The summed E-state index contributed by atoms with van der Waals surface area (Å²) in [5.74, 6) is 3.37. The lowest BCUT2D eigenvalue weighted by molar-refractivity contribution is -0.146. The molecule has 0 aromatic carbocycles. The molecule has 5 saturated carbocycles. The van der Waals surface area contributed by atoms with Crippen molar-refractivity contribution < 1.29 is 19.7 Å². The lowest BCUT2D eigenvalue weighted by Crippen LogP contribution is -2.56. The molecule has 30 heavy (non-hydrogen) atoms. The van der Waals surface area contributed by atoms with Gasteiger partial charge in [0.1, 0.15) is 0 Å². The standard InChI is InChI=1S/C26H42O4/c1-15(5-8-22(28)30-4)18-6-7-20-25(18,3)12-10-21-24(2)11-9-17(27)13-16(24)14-19-23(29)26(19,20)21/h15-21,23,27,29H,5-14H2,1-4H3/t15?,16-,17?,18+,19?,20+,21?,23-,24?,25?,26-/m0/s1. The van der Waals surface area contributed by atoms with Gasteiger partial charge in [0.2, 0.25) is 0 Å². The van der Waals surface area contributed by atoms with Crippen molar-refractivity contribution in [1.82, 2.24) is 0 Å². The summed E-state index contributed by atoms with van der Waals surface area (Å²) in [6.45, 7) is 7.37. The van der Waals surface area contributed by atoms with Gasteiger partial charge in [0, 0.05) is 11.8 Å². The summed E-state index contributed by atoms with van der Waals surface area (Å²) in [4.78, 5) is 11.7. The van der Waals surface area contributed by atoms with Crippen LogP contribution in [0.1, 0.15) is 85.0 Å². The number of rotatable bonds is 4. The van der Waals surface area contributed by atoms with Gasteiger partial charge in [0.05, 0.1) is 19.3 Å². The Hall–Kier alpha value is -0.610. The highest BCUT2D eigenvalue weighted by Gasteiger charge is 2.81. The van der Waals surface area contributed by atoms with Gasteiger partial charge in [-0.1, -0.05) is 20.8 Å². The molecule has 0 bridgehead atoms. The predicted molar refractivity (Wildman–Crippen MR) is 115 cm³/mol. The van der Waals surface area contributed by atoms with Crippen molar-refractivity contribution in [3.8, 4) is 0 Å². The van der Waals surface area contributed by atoms with Gasteiger partial charge in [-0.25, -0.2) is 0 Å². The van der Waals surface area contributed by atoms with Gasteiger partial charge >= 0.3 is 5.97 Å². The van der Waals surface area contributed by atoms with E-state index < -0.39 is 0 Å². The largest absolute Gasteiger partial charge is 0.469 e. The first kappa shape index (κ1) is 21.2. The number of aliphatic hydroxyl groups excluding tert-OH is 2. The van der Waals surface area contributed by atoms with Crippen molar-refractivity contribution in [3.63, 3.8) is 0 Å². The van der Waals surface area contributed by atoms with Crippen LogP contribution < -0.4 is 0 Å². The van der Waals surface area contributed by atoms with Crippen molar-refractivity contribution in [1.29, 1.82) is 0 Å². The molecule has 0 saturated heterocycles. The zero-order valence-corrected chi connectivity index (χ0v) is 19.4. The Morgan fingerprint density at radius 1 is 1.03 bits per heavy atom. The number of hydrogen-bond donors (Lipinski definition) is 2. The number of fused-ring (bicyclic) bond motifs is 3. The minimum Gasteiger partial charge on any atom is -0.469 e. The van der Waals surface area contributed by atoms with Crippen LogP contribution in [0.3, 0.4) is 0 Å². The van der Waals surface area contributed by atoms with Crippen LogP contribution in [0.4, 0.5) is 0 Å². The van der Waals surface area contributed by atoms with Crippen LogP contribution in [0, 0.1) is 51.8 Å². The highest BCUT2D eigenvalue weighted by atomic mass is 16.5. The number of aliphatic hydroxyl groups is 2. The molecule has 2 N–H and O–H groups in total. The van der Waals surface area contributed by atoms with Gasteiger partial charge in [-0.05, 0) is 104 Å². The first-order chi connectivity index (χ1) is 14.2. The number of carbonyl (C=O) groups excluding carboxylic acids is 1. The van der Waals surface area contributed by atoms with Crippen molar-refractivity contribution in [2.24, 2.45) is 51.8 Å². The number of hydrogen-bond acceptors (Lipinski definition) is 4. The molecule has 4 nitrogen and oxygen atoms in total. The Labute approximate surface area is 182 Å². The molecule has 5 fully saturated rings. The molecular weight excluding hydrogens is 376 g/mol. The van der Waals surface area contributed by atoms with E-state index in [0.717, 1.165) is 32.1 Å². The molecule has 1 spiro atoms. The van der Waals surface area contributed by atoms with E-state index in [1.165, 1.54) is 32.8 Å². The third kappa shape index (κ3) is 2.62. The van der Waals surface area contributed by atoms with Crippen LogP contribution >= 0.6 is 0 Å². The first-order valence-corrected chi connectivity index (χ1v) is 12.6. The van der Waals surface area contributed by atoms with Gasteiger partial charge in [0.25, 0.3) is 0 Å². The Balaban J connectivity index is 1.41. The highest BCUT2D eigenvalue weighted by molar-refractivity contribution is 5.69. The zero-order valence-electron chi connectivity index (χ0n) is 19.4. The summed E-state index contributed by atoms with van der Waals surface area (Å²) in [5.41, 5.74) is 0.722. The monoisotopic (exact) mass is 418 g/mol. The van der Waals surface area contributed by atoms with Crippen molar-refractivity contribution in [2.75, 3.05) is 7.11 Å². The lowest BCUT2D eigenvalue weighted by Gasteiger charge is -2.61. The van der Waals surface area contributed by atoms with Gasteiger partial charge in [-0.15, -0.1) is 0 Å². The molecule has 0 amide bonds. The minimum absolute atomic E-state index is 0.0905. The number of methoxy groups -OCH3 is 1. The van der Waals surface area contributed by atoms with Crippen molar-refractivity contribution >= 4 is 5.97 Å². The Bertz CT molecular complexity index is 707. The summed E-state index contributed by atoms with van der Waals surface area (Å²) < 4.78 is 4.88. The van der Waals surface area contributed by atoms with Crippen LogP contribution in [0.5, 0.6) is 0 Å². The van der Waals surface area contributed by atoms with Gasteiger partial charge < -0.3 is 14.9 Å². The maximum absolute atomic E-state index is 11.7. The minimum atomic E-state index is -0.133. The number of carbonyl (C=O) groups is 1. The van der Waals surface area contributed by atoms with E-state index in [1.807, 2.05) is 0 Å². The normalized spacial score (nSPS) is 54.9. The van der Waals surface area contributed by atoms with E-state index in [-0.39, 0.29) is 23.6 Å². The van der Waals surface area contributed by atoms with E-state index in [1.54, 1.807) is 0 Å². The molecule has 5 rings (SSSR count). The predicted octanol–water partition coefficient (Wildman–Crippen LogP) is 4.57. The van der Waals surface area contributed by atoms with Crippen LogP contribution in [0.25, 0.3) is 0 Å². The molecule has 0 heterocycles. The van der Waals surface area contributed by atoms with Crippen LogP contribution in [0.2, 0.25) is 0 Å². The molecule has 0 radical (unpaired) electrons. The summed E-state index contributed by atoms with van der Waals surface area (Å²) in [6, 6.07) is 0. The lowest BCUT2D eigenvalue weighted by atomic mass is 9.43. The second kappa shape index (κ2) is 6.94. The fourth-order valence-electron chi connectivity index (χ4n) is 10.1. The van der Waals surface area contributed by atoms with Crippen molar-refractivity contribution in [2.45, 2.75) is 97.2 Å². The average Bonchev–Trinajstić information content (AvgIpc) is 3.10. The second-order valence-electron chi connectivity index (χ2n) is 12.3. The summed E-state index contributed by atoms with van der Waals surface area (Å²) in [7, 11) is 1.48. The van der Waals surface area contributed by atoms with E-state index in [9.17, 15) is 15.0 Å². The highest BCUT2D eigenvalue weighted by Crippen LogP contribution is 2.82. The summed E-state index contributed by atoms with van der Waals surface area (Å²) in [5, 5.41) is 21.7. The molecule has 170 valence electrons. The number of esters is 1. The molecule has 0 aromatic rings. The van der Waals surface area contributed by atoms with E-state index in [4.69, 9.17) is 4.74 Å². The van der Waals surface area contributed by atoms with Gasteiger partial charge in [-0.2, -0.15) is 0 Å². The fourth-order valence-corrected chi connectivity index (χ4v) is 10.1. The third-order valence-corrected chi connectivity index (χ3v) is 11.6. The molecule has 0 aliphatic heterocycles. The molecule has 4 heteroatoms. The topological polar surface area (TPSA) is 66.8 Å². The van der Waals surface area contributed by atoms with Crippen LogP contribution in [0.15, 0.2) is 0 Å². The molecular formula is C26H42O4. The van der Waals surface area contributed by atoms with Crippen molar-refractivity contribution in [3.05, 3.63) is 0 Å². The Morgan fingerprint density at radius 3 is 2.47 bits per heavy atom. The molecule has 0 aromatic heterocycles. The first-order valence-electron chi connectivity index (χ1n) is 12.6. The fraction of sp³-hybridized carbons (Fsp3) is 0.962. The van der Waals surface area contributed by atoms with Crippen LogP contribution in [-0.4, -0.2) is 35.5 Å². The SMILES string of the molecule is COC(=O)CCC(C)[C@H]1CC[C@@H]2C1(C)CCC1C3(C)CCC(O)C[C@H]3CC3[C@H](O)[C@]312. The second-order valence-corrected chi connectivity index (χ2v) is 12.3. The Kier molecular flexibility index (Phi) is 4.92. The molecule has 6 unspecified atom stereocenters. The Morgan fingerprint density at radius 2 is 1.73 bits per heavy atom. The average molecular weight is 419 g/mol. The molecule has 11 atom stereocenters. The summed E-state index contributed by atoms with van der Waals surface area (Å²) >= 11 is 0. The molecule has 5 aliphatic carbocycles. The zero-order chi connectivity index (χ0) is 21.5. The van der Waals surface area contributed by atoms with E-state index in [0.29, 0.717) is 52.8 Å². The van der Waals surface area contributed by atoms with Gasteiger partial charge in [-0.3, -0.25) is 4.79 Å². The maximum atomic E-state index is 11.7. The van der Waals surface area contributed by atoms with Gasteiger partial charge in [0.15, 0.2) is 0 Å². The van der Waals surface area contributed by atoms with Crippen LogP contribution in [-0.2, 0) is 9.53 Å². The number of ether oxygens (including phenoxy) is 1. The summed E-state index contributed by atoms with van der Waals surface area (Å²) in [6.07, 6.45) is 10.3. The van der Waals surface area contributed by atoms with E-state index >= 15 is 0 Å². The quantitative estimate of drug-likeness (QED) is 0.657. The smallest absolute Gasteiger partial charge is 0.305 e. The van der Waals surface area contributed by atoms with E-state index in [2.05, 4.69) is 20.8 Å². The maximum Gasteiger partial charge on any atom is 0.305 e. The third-order valence-electron chi connectivity index (χ3n) is 11.6.